The lowest BCUT2D eigenvalue weighted by molar-refractivity contribution is -0.156. The molecule has 1 aliphatic heterocycles. The molecule has 0 aliphatic carbocycles. The van der Waals surface area contributed by atoms with Crippen LogP contribution in [0.3, 0.4) is 0 Å². The summed E-state index contributed by atoms with van der Waals surface area (Å²) in [7, 11) is 0. The van der Waals surface area contributed by atoms with Crippen molar-refractivity contribution in [1.82, 2.24) is 0 Å². The second kappa shape index (κ2) is 7.65. The predicted octanol–water partition coefficient (Wildman–Crippen LogP) is 2.44. The molecule has 5 heteroatoms. The van der Waals surface area contributed by atoms with Gasteiger partial charge >= 0.3 is 5.97 Å². The Labute approximate surface area is 124 Å². The molecule has 0 spiro atoms. The molecule has 21 heavy (non-hydrogen) atoms. The number of hydrogen-bond donors (Lipinski definition) is 0. The van der Waals surface area contributed by atoms with Crippen molar-refractivity contribution in [2.75, 3.05) is 13.2 Å². The van der Waals surface area contributed by atoms with Crippen molar-refractivity contribution in [2.45, 2.75) is 38.4 Å². The smallest absolute Gasteiger partial charge is 0.347 e. The Hall–Kier alpha value is -2.06. The van der Waals surface area contributed by atoms with Gasteiger partial charge in [0.1, 0.15) is 18.4 Å². The topological polar surface area (TPSA) is 68.5 Å². The largest absolute Gasteiger partial charge is 0.478 e. The van der Waals surface area contributed by atoms with Crippen LogP contribution in [-0.2, 0) is 14.3 Å². The lowest BCUT2D eigenvalue weighted by atomic mass is 10.1. The first-order valence-corrected chi connectivity index (χ1v) is 7.14. The van der Waals surface area contributed by atoms with Crippen molar-refractivity contribution in [3.63, 3.8) is 0 Å². The third-order valence-electron chi connectivity index (χ3n) is 3.33. The molecule has 5 nitrogen and oxygen atoms in total. The highest BCUT2D eigenvalue weighted by molar-refractivity contribution is 5.74. The second-order valence-electron chi connectivity index (χ2n) is 4.99. The molecule has 0 amide bonds. The van der Waals surface area contributed by atoms with Gasteiger partial charge in [0.2, 0.25) is 0 Å². The van der Waals surface area contributed by atoms with Crippen LogP contribution >= 0.6 is 0 Å². The molecule has 0 saturated carbocycles. The third kappa shape index (κ3) is 4.47. The summed E-state index contributed by atoms with van der Waals surface area (Å²) >= 11 is 0. The van der Waals surface area contributed by atoms with E-state index in [9.17, 15) is 4.79 Å². The molecule has 0 aromatic heterocycles. The van der Waals surface area contributed by atoms with Gasteiger partial charge in [-0.1, -0.05) is 12.1 Å². The molecule has 2 unspecified atom stereocenters. The fraction of sp³-hybridized carbons (Fsp3) is 0.500. The number of esters is 1. The van der Waals surface area contributed by atoms with E-state index < -0.39 is 12.1 Å². The summed E-state index contributed by atoms with van der Waals surface area (Å²) in [6, 6.07) is 8.83. The second-order valence-corrected chi connectivity index (χ2v) is 4.99. The molecule has 1 heterocycles. The summed E-state index contributed by atoms with van der Waals surface area (Å²) in [5.41, 5.74) is 0.396. The Kier molecular flexibility index (Phi) is 5.59. The lowest BCUT2D eigenvalue weighted by Crippen LogP contribution is -2.31. The van der Waals surface area contributed by atoms with E-state index in [1.165, 1.54) is 0 Å². The molecule has 2 atom stereocenters. The SMILES string of the molecule is CC(Oc1ccccc1C#N)C(=O)OCC1CCCCO1. The normalized spacial score (nSPS) is 19.3. The zero-order chi connectivity index (χ0) is 15.1. The summed E-state index contributed by atoms with van der Waals surface area (Å²) in [6.07, 6.45) is 2.31. The molecule has 0 bridgehead atoms. The number of nitriles is 1. The Morgan fingerprint density at radius 2 is 2.29 bits per heavy atom. The molecule has 0 radical (unpaired) electrons. The highest BCUT2D eigenvalue weighted by Gasteiger charge is 2.21. The molecule has 2 rings (SSSR count). The molecule has 1 aliphatic rings. The zero-order valence-corrected chi connectivity index (χ0v) is 12.1. The maximum absolute atomic E-state index is 11.9. The lowest BCUT2D eigenvalue weighted by Gasteiger charge is -2.23. The van der Waals surface area contributed by atoms with Gasteiger partial charge in [-0.2, -0.15) is 5.26 Å². The Morgan fingerprint density at radius 1 is 1.48 bits per heavy atom. The van der Waals surface area contributed by atoms with E-state index >= 15 is 0 Å². The van der Waals surface area contributed by atoms with Crippen LogP contribution in [0.1, 0.15) is 31.7 Å². The van der Waals surface area contributed by atoms with Gasteiger partial charge in [-0.15, -0.1) is 0 Å². The van der Waals surface area contributed by atoms with E-state index in [-0.39, 0.29) is 12.7 Å². The first-order chi connectivity index (χ1) is 10.2. The Balaban J connectivity index is 1.83. The highest BCUT2D eigenvalue weighted by Crippen LogP contribution is 2.19. The molecule has 0 N–H and O–H groups in total. The zero-order valence-electron chi connectivity index (χ0n) is 12.1. The quantitative estimate of drug-likeness (QED) is 0.779. The molecule has 1 aromatic rings. The minimum absolute atomic E-state index is 0.0127. The monoisotopic (exact) mass is 289 g/mol. The number of para-hydroxylation sites is 1. The maximum Gasteiger partial charge on any atom is 0.347 e. The summed E-state index contributed by atoms with van der Waals surface area (Å²) in [5.74, 6) is -0.0599. The molecular weight excluding hydrogens is 270 g/mol. The number of carbonyl (C=O) groups excluding carboxylic acids is 1. The van der Waals surface area contributed by atoms with Crippen molar-refractivity contribution in [3.8, 4) is 11.8 Å². The van der Waals surface area contributed by atoms with Crippen LogP contribution < -0.4 is 4.74 Å². The van der Waals surface area contributed by atoms with E-state index in [1.807, 2.05) is 6.07 Å². The van der Waals surface area contributed by atoms with Crippen LogP contribution in [0.4, 0.5) is 0 Å². The van der Waals surface area contributed by atoms with Gasteiger partial charge in [-0.3, -0.25) is 0 Å². The molecule has 112 valence electrons. The van der Waals surface area contributed by atoms with E-state index in [0.717, 1.165) is 25.9 Å². The van der Waals surface area contributed by atoms with Gasteiger partial charge in [0.25, 0.3) is 0 Å². The van der Waals surface area contributed by atoms with Crippen LogP contribution in [0, 0.1) is 11.3 Å². The number of hydrogen-bond acceptors (Lipinski definition) is 5. The number of rotatable bonds is 5. The fourth-order valence-electron chi connectivity index (χ4n) is 2.13. The molecule has 1 fully saturated rings. The van der Waals surface area contributed by atoms with Crippen LogP contribution in [-0.4, -0.2) is 31.4 Å². The standard InChI is InChI=1S/C16H19NO4/c1-12(21-15-8-3-2-6-13(15)10-17)16(18)20-11-14-7-4-5-9-19-14/h2-3,6,8,12,14H,4-5,7,9,11H2,1H3. The van der Waals surface area contributed by atoms with Gasteiger partial charge in [0, 0.05) is 6.61 Å². The van der Waals surface area contributed by atoms with Gasteiger partial charge in [-0.25, -0.2) is 4.79 Å². The molecular formula is C16H19NO4. The third-order valence-corrected chi connectivity index (χ3v) is 3.33. The minimum Gasteiger partial charge on any atom is -0.478 e. The van der Waals surface area contributed by atoms with E-state index in [2.05, 4.69) is 0 Å². The molecule has 1 aromatic carbocycles. The van der Waals surface area contributed by atoms with Crippen molar-refractivity contribution in [1.29, 1.82) is 5.26 Å². The Bertz CT molecular complexity index is 517. The maximum atomic E-state index is 11.9. The summed E-state index contributed by atoms with van der Waals surface area (Å²) in [5, 5.41) is 8.98. The highest BCUT2D eigenvalue weighted by atomic mass is 16.6. The average Bonchev–Trinajstić information content (AvgIpc) is 2.54. The first kappa shape index (κ1) is 15.3. The average molecular weight is 289 g/mol. The van der Waals surface area contributed by atoms with Crippen LogP contribution in [0.15, 0.2) is 24.3 Å². The van der Waals surface area contributed by atoms with E-state index in [4.69, 9.17) is 19.5 Å². The summed E-state index contributed by atoms with van der Waals surface area (Å²) in [6.45, 7) is 2.59. The number of nitrogens with zero attached hydrogens (tertiary/aromatic N) is 1. The van der Waals surface area contributed by atoms with Gasteiger partial charge in [0.05, 0.1) is 11.7 Å². The first-order valence-electron chi connectivity index (χ1n) is 7.14. The van der Waals surface area contributed by atoms with Crippen LogP contribution in [0.25, 0.3) is 0 Å². The van der Waals surface area contributed by atoms with Crippen molar-refractivity contribution >= 4 is 5.97 Å². The van der Waals surface area contributed by atoms with Crippen molar-refractivity contribution < 1.29 is 19.0 Å². The van der Waals surface area contributed by atoms with Gasteiger partial charge in [-0.05, 0) is 38.3 Å². The van der Waals surface area contributed by atoms with Crippen molar-refractivity contribution in [2.24, 2.45) is 0 Å². The number of benzene rings is 1. The fourth-order valence-corrected chi connectivity index (χ4v) is 2.13. The van der Waals surface area contributed by atoms with Gasteiger partial charge in [0.15, 0.2) is 6.10 Å². The van der Waals surface area contributed by atoms with Crippen LogP contribution in [0.2, 0.25) is 0 Å². The Morgan fingerprint density at radius 3 is 3.00 bits per heavy atom. The van der Waals surface area contributed by atoms with Crippen LogP contribution in [0.5, 0.6) is 5.75 Å². The van der Waals surface area contributed by atoms with E-state index in [1.54, 1.807) is 31.2 Å². The predicted molar refractivity (Wildman–Crippen MR) is 75.8 cm³/mol. The van der Waals surface area contributed by atoms with Gasteiger partial charge < -0.3 is 14.2 Å². The minimum atomic E-state index is -0.761. The number of carbonyl (C=O) groups is 1. The summed E-state index contributed by atoms with van der Waals surface area (Å²) in [4.78, 5) is 11.9. The van der Waals surface area contributed by atoms with Crippen molar-refractivity contribution in [3.05, 3.63) is 29.8 Å². The number of ether oxygens (including phenoxy) is 3. The van der Waals surface area contributed by atoms with E-state index in [0.29, 0.717) is 11.3 Å². The summed E-state index contributed by atoms with van der Waals surface area (Å²) < 4.78 is 16.2. The molecule has 1 saturated heterocycles.